The van der Waals surface area contributed by atoms with Gasteiger partial charge in [-0.3, -0.25) is 9.59 Å². The Morgan fingerprint density at radius 2 is 1.71 bits per heavy atom. The molecule has 2 aromatic carbocycles. The van der Waals surface area contributed by atoms with Gasteiger partial charge in [0.05, 0.1) is 6.42 Å². The third-order valence-corrected chi connectivity index (χ3v) is 6.49. The van der Waals surface area contributed by atoms with E-state index in [0.717, 1.165) is 52.4 Å². The summed E-state index contributed by atoms with van der Waals surface area (Å²) in [6.07, 6.45) is 5.91. The van der Waals surface area contributed by atoms with Gasteiger partial charge in [0.25, 0.3) is 0 Å². The Morgan fingerprint density at radius 1 is 1.03 bits per heavy atom. The second-order valence-electron chi connectivity index (χ2n) is 8.84. The predicted molar refractivity (Wildman–Crippen MR) is 129 cm³/mol. The lowest BCUT2D eigenvalue weighted by molar-refractivity contribution is -0.140. The Bertz CT molecular complexity index is 901. The zero-order chi connectivity index (χ0) is 22.4. The Hall–Kier alpha value is -2.14. The number of amides is 2. The topological polar surface area (TPSA) is 49.4 Å². The lowest BCUT2D eigenvalue weighted by atomic mass is 9.95. The molecule has 166 valence electrons. The van der Waals surface area contributed by atoms with Gasteiger partial charge in [0.15, 0.2) is 0 Å². The zero-order valence-electron chi connectivity index (χ0n) is 18.8. The predicted octanol–water partition coefficient (Wildman–Crippen LogP) is 5.47. The number of hydrogen-bond donors (Lipinski definition) is 1. The number of benzene rings is 2. The van der Waals surface area contributed by atoms with Crippen LogP contribution in [0.2, 0.25) is 0 Å². The molecule has 0 radical (unpaired) electrons. The highest BCUT2D eigenvalue weighted by Crippen LogP contribution is 2.20. The van der Waals surface area contributed by atoms with Crippen LogP contribution in [0.4, 0.5) is 0 Å². The maximum Gasteiger partial charge on any atom is 0.242 e. The van der Waals surface area contributed by atoms with E-state index in [1.807, 2.05) is 45.0 Å². The van der Waals surface area contributed by atoms with E-state index in [2.05, 4.69) is 39.4 Å². The molecule has 1 N–H and O–H groups in total. The molecule has 0 spiro atoms. The molecule has 0 saturated heterocycles. The monoisotopic (exact) mass is 484 g/mol. The van der Waals surface area contributed by atoms with Crippen LogP contribution in [-0.4, -0.2) is 28.8 Å². The van der Waals surface area contributed by atoms with E-state index in [-0.39, 0.29) is 24.3 Å². The second-order valence-corrected chi connectivity index (χ2v) is 9.76. The minimum Gasteiger partial charge on any atom is -0.352 e. The van der Waals surface area contributed by atoms with E-state index < -0.39 is 6.04 Å². The first kappa shape index (κ1) is 23.5. The van der Waals surface area contributed by atoms with Crippen molar-refractivity contribution in [1.29, 1.82) is 0 Å². The van der Waals surface area contributed by atoms with Crippen molar-refractivity contribution in [3.05, 3.63) is 69.2 Å². The van der Waals surface area contributed by atoms with Gasteiger partial charge >= 0.3 is 0 Å². The Morgan fingerprint density at radius 3 is 2.35 bits per heavy atom. The van der Waals surface area contributed by atoms with Crippen LogP contribution < -0.4 is 5.32 Å². The average Bonchev–Trinajstić information content (AvgIpc) is 2.71. The van der Waals surface area contributed by atoms with Crippen molar-refractivity contribution >= 4 is 27.7 Å². The molecule has 1 saturated carbocycles. The van der Waals surface area contributed by atoms with Gasteiger partial charge in [-0.25, -0.2) is 0 Å². The molecule has 1 aliphatic rings. The van der Waals surface area contributed by atoms with Crippen molar-refractivity contribution in [3.63, 3.8) is 0 Å². The van der Waals surface area contributed by atoms with Crippen LogP contribution >= 0.6 is 15.9 Å². The van der Waals surface area contributed by atoms with Crippen LogP contribution in [-0.2, 0) is 22.6 Å². The van der Waals surface area contributed by atoms with Crippen LogP contribution in [0.3, 0.4) is 0 Å². The standard InChI is InChI=1S/C26H33BrN2O2/c1-18-12-19(2)14-22(13-18)16-25(30)29(17-21-8-7-9-23(27)15-21)20(3)26(31)28-24-10-5-4-6-11-24/h7-9,12-15,20,24H,4-6,10-11,16-17H2,1-3H3,(H,28,31)/t20-/m0/s1. The molecule has 0 heterocycles. The summed E-state index contributed by atoms with van der Waals surface area (Å²) in [4.78, 5) is 28.2. The zero-order valence-corrected chi connectivity index (χ0v) is 20.4. The van der Waals surface area contributed by atoms with E-state index in [0.29, 0.717) is 6.54 Å². The highest BCUT2D eigenvalue weighted by molar-refractivity contribution is 9.10. The largest absolute Gasteiger partial charge is 0.352 e. The average molecular weight is 485 g/mol. The Kier molecular flexibility index (Phi) is 8.30. The number of rotatable bonds is 7. The number of carbonyl (C=O) groups is 2. The molecule has 0 aliphatic heterocycles. The van der Waals surface area contributed by atoms with Gasteiger partial charge in [-0.05, 0) is 56.9 Å². The van der Waals surface area contributed by atoms with Crippen LogP contribution in [0, 0.1) is 13.8 Å². The molecular formula is C26H33BrN2O2. The number of hydrogen-bond acceptors (Lipinski definition) is 2. The van der Waals surface area contributed by atoms with Gasteiger partial charge in [0, 0.05) is 17.1 Å². The molecule has 2 aromatic rings. The third-order valence-electron chi connectivity index (χ3n) is 6.00. The summed E-state index contributed by atoms with van der Waals surface area (Å²) in [5, 5.41) is 3.19. The Labute approximate surface area is 194 Å². The van der Waals surface area contributed by atoms with Crippen molar-refractivity contribution in [3.8, 4) is 0 Å². The van der Waals surface area contributed by atoms with Crippen molar-refractivity contribution in [2.24, 2.45) is 0 Å². The fraction of sp³-hybridized carbons (Fsp3) is 0.462. The molecule has 1 fully saturated rings. The highest BCUT2D eigenvalue weighted by atomic mass is 79.9. The Balaban J connectivity index is 1.78. The van der Waals surface area contributed by atoms with Gasteiger partial charge in [0.2, 0.25) is 11.8 Å². The first-order valence-corrected chi connectivity index (χ1v) is 12.0. The molecule has 1 aliphatic carbocycles. The maximum atomic E-state index is 13.4. The van der Waals surface area contributed by atoms with E-state index >= 15 is 0 Å². The lowest BCUT2D eigenvalue weighted by Crippen LogP contribution is -2.50. The van der Waals surface area contributed by atoms with Gasteiger partial charge < -0.3 is 10.2 Å². The second kappa shape index (κ2) is 10.9. The fourth-order valence-corrected chi connectivity index (χ4v) is 4.88. The molecular weight excluding hydrogens is 452 g/mol. The van der Waals surface area contributed by atoms with Crippen molar-refractivity contribution < 1.29 is 9.59 Å². The van der Waals surface area contributed by atoms with Gasteiger partial charge in [-0.15, -0.1) is 0 Å². The summed E-state index contributed by atoms with van der Waals surface area (Å²) < 4.78 is 0.964. The first-order valence-electron chi connectivity index (χ1n) is 11.2. The van der Waals surface area contributed by atoms with Crippen molar-refractivity contribution in [1.82, 2.24) is 10.2 Å². The molecule has 2 amide bonds. The van der Waals surface area contributed by atoms with Crippen molar-refractivity contribution in [2.75, 3.05) is 0 Å². The molecule has 1 atom stereocenters. The van der Waals surface area contributed by atoms with Crippen molar-refractivity contribution in [2.45, 2.75) is 77.9 Å². The minimum atomic E-state index is -0.528. The summed E-state index contributed by atoms with van der Waals surface area (Å²) in [5.74, 6) is -0.0908. The quantitative estimate of drug-likeness (QED) is 0.565. The van der Waals surface area contributed by atoms with E-state index in [1.54, 1.807) is 4.90 Å². The molecule has 5 heteroatoms. The normalized spacial score (nSPS) is 15.4. The lowest BCUT2D eigenvalue weighted by Gasteiger charge is -2.31. The molecule has 31 heavy (non-hydrogen) atoms. The molecule has 0 unspecified atom stereocenters. The van der Waals surface area contributed by atoms with Gasteiger partial charge in [-0.1, -0.05) is 76.7 Å². The number of nitrogens with zero attached hydrogens (tertiary/aromatic N) is 1. The minimum absolute atomic E-state index is 0.0312. The fourth-order valence-electron chi connectivity index (χ4n) is 4.43. The van der Waals surface area contributed by atoms with E-state index in [9.17, 15) is 9.59 Å². The number of halogens is 1. The highest BCUT2D eigenvalue weighted by Gasteiger charge is 2.28. The molecule has 4 nitrogen and oxygen atoms in total. The summed E-state index contributed by atoms with van der Waals surface area (Å²) >= 11 is 3.51. The molecule has 0 bridgehead atoms. The van der Waals surface area contributed by atoms with E-state index in [4.69, 9.17) is 0 Å². The van der Waals surface area contributed by atoms with Crippen LogP contribution in [0.5, 0.6) is 0 Å². The van der Waals surface area contributed by atoms with Gasteiger partial charge in [-0.2, -0.15) is 0 Å². The number of nitrogens with one attached hydrogen (secondary N) is 1. The summed E-state index contributed by atoms with van der Waals surface area (Å²) in [6.45, 7) is 6.33. The molecule has 3 rings (SSSR count). The van der Waals surface area contributed by atoms with Crippen LogP contribution in [0.1, 0.15) is 61.3 Å². The SMILES string of the molecule is Cc1cc(C)cc(CC(=O)N(Cc2cccc(Br)c2)[C@@H](C)C(=O)NC2CCCCC2)c1. The number of aryl methyl sites for hydroxylation is 2. The summed E-state index contributed by atoms with van der Waals surface area (Å²) in [7, 11) is 0. The summed E-state index contributed by atoms with van der Waals surface area (Å²) in [6, 6.07) is 13.8. The third kappa shape index (κ3) is 6.93. The molecule has 0 aromatic heterocycles. The first-order chi connectivity index (χ1) is 14.8. The number of carbonyl (C=O) groups excluding carboxylic acids is 2. The summed E-state index contributed by atoms with van der Waals surface area (Å²) in [5.41, 5.74) is 4.27. The van der Waals surface area contributed by atoms with E-state index in [1.165, 1.54) is 6.42 Å². The van der Waals surface area contributed by atoms with Crippen LogP contribution in [0.15, 0.2) is 46.9 Å². The van der Waals surface area contributed by atoms with Gasteiger partial charge in [0.1, 0.15) is 6.04 Å². The van der Waals surface area contributed by atoms with Crippen LogP contribution in [0.25, 0.3) is 0 Å². The maximum absolute atomic E-state index is 13.4. The smallest absolute Gasteiger partial charge is 0.242 e.